The maximum absolute atomic E-state index is 9.92. The lowest BCUT2D eigenvalue weighted by Gasteiger charge is -2.36. The second-order valence-electron chi connectivity index (χ2n) is 8.39. The van der Waals surface area contributed by atoms with Gasteiger partial charge in [0, 0.05) is 50.5 Å². The van der Waals surface area contributed by atoms with Crippen molar-refractivity contribution in [3.05, 3.63) is 40.8 Å². The molecule has 1 N–H and O–H groups in total. The quantitative estimate of drug-likeness (QED) is 0.758. The molecule has 3 aliphatic rings. The van der Waals surface area contributed by atoms with E-state index >= 15 is 0 Å². The van der Waals surface area contributed by atoms with Crippen LogP contribution in [0.1, 0.15) is 42.9 Å². The van der Waals surface area contributed by atoms with Gasteiger partial charge in [-0.3, -0.25) is 0 Å². The van der Waals surface area contributed by atoms with Crippen molar-refractivity contribution in [2.24, 2.45) is 5.92 Å². The molecule has 3 heterocycles. The molecule has 2 aromatic rings. The highest BCUT2D eigenvalue weighted by Crippen LogP contribution is 2.46. The fourth-order valence-electron chi connectivity index (χ4n) is 4.28. The molecule has 0 aromatic carbocycles. The summed E-state index contributed by atoms with van der Waals surface area (Å²) in [6.45, 7) is 2.78. The van der Waals surface area contributed by atoms with Crippen molar-refractivity contribution >= 4 is 28.8 Å². The maximum atomic E-state index is 9.92. The number of hydrogen-bond donors (Lipinski definition) is 1. The van der Waals surface area contributed by atoms with Crippen LogP contribution in [0.5, 0.6) is 0 Å². The van der Waals surface area contributed by atoms with E-state index in [2.05, 4.69) is 26.2 Å². The average molecular weight is 409 g/mol. The van der Waals surface area contributed by atoms with Gasteiger partial charge in [0.25, 0.3) is 0 Å². The van der Waals surface area contributed by atoms with Crippen molar-refractivity contribution in [3.63, 3.8) is 0 Å². The zero-order chi connectivity index (χ0) is 20.0. The molecule has 1 unspecified atom stereocenters. The Kier molecular flexibility index (Phi) is 4.81. The molecule has 2 saturated carbocycles. The second-order valence-corrected chi connectivity index (χ2v) is 8.78. The third-order valence-corrected chi connectivity index (χ3v) is 6.46. The number of anilines is 3. The largest absolute Gasteiger partial charge is 0.353 e. The molecule has 2 aliphatic carbocycles. The van der Waals surface area contributed by atoms with Gasteiger partial charge in [-0.2, -0.15) is 5.26 Å². The number of hydrogen-bond acceptors (Lipinski definition) is 6. The number of rotatable bonds is 5. The third kappa shape index (κ3) is 3.77. The molecule has 5 rings (SSSR count). The summed E-state index contributed by atoms with van der Waals surface area (Å²) in [7, 11) is 2.00. The van der Waals surface area contributed by atoms with E-state index in [0.717, 1.165) is 61.3 Å². The van der Waals surface area contributed by atoms with Crippen LogP contribution in [0.25, 0.3) is 0 Å². The summed E-state index contributed by atoms with van der Waals surface area (Å²) >= 11 is 6.10. The average Bonchev–Trinajstić information content (AvgIpc) is 3.65. The zero-order valence-corrected chi connectivity index (χ0v) is 17.4. The number of nitrogens with one attached hydrogen (secondary N) is 1. The first-order chi connectivity index (χ1) is 14.1. The Bertz CT molecular complexity index is 962. The van der Waals surface area contributed by atoms with Gasteiger partial charge in [-0.15, -0.1) is 0 Å². The predicted molar refractivity (Wildman–Crippen MR) is 115 cm³/mol. The Hall–Kier alpha value is -2.36. The maximum Gasteiger partial charge on any atom is 0.147 e. The number of aromatic nitrogens is 2. The molecule has 3 fully saturated rings. The van der Waals surface area contributed by atoms with E-state index in [1.807, 2.05) is 25.2 Å². The van der Waals surface area contributed by atoms with Crippen LogP contribution in [-0.4, -0.2) is 42.7 Å². The van der Waals surface area contributed by atoms with E-state index in [0.29, 0.717) is 22.7 Å². The topological polar surface area (TPSA) is 68.1 Å². The monoisotopic (exact) mass is 408 g/mol. The van der Waals surface area contributed by atoms with Gasteiger partial charge in [-0.05, 0) is 49.8 Å². The lowest BCUT2D eigenvalue weighted by Crippen LogP contribution is -2.52. The predicted octanol–water partition coefficient (Wildman–Crippen LogP) is 3.84. The molecular formula is C22H25ClN6. The molecule has 2 aromatic heterocycles. The van der Waals surface area contributed by atoms with Gasteiger partial charge in [0.2, 0.25) is 0 Å². The first-order valence-electron chi connectivity index (χ1n) is 10.4. The van der Waals surface area contributed by atoms with Gasteiger partial charge in [-0.25, -0.2) is 9.97 Å². The minimum atomic E-state index is 0.458. The molecule has 1 aliphatic heterocycles. The van der Waals surface area contributed by atoms with Crippen LogP contribution in [0.2, 0.25) is 5.15 Å². The van der Waals surface area contributed by atoms with Crippen LogP contribution in [0.3, 0.4) is 0 Å². The number of pyridine rings is 2. The number of nitrogens with zero attached hydrogens (tertiary/aromatic N) is 5. The summed E-state index contributed by atoms with van der Waals surface area (Å²) in [6, 6.07) is 8.71. The van der Waals surface area contributed by atoms with E-state index in [1.54, 1.807) is 6.20 Å². The lowest BCUT2D eigenvalue weighted by molar-refractivity contribution is 0.417. The van der Waals surface area contributed by atoms with Crippen molar-refractivity contribution in [2.45, 2.75) is 37.6 Å². The van der Waals surface area contributed by atoms with Crippen LogP contribution < -0.4 is 15.1 Å². The molecular weight excluding hydrogens is 384 g/mol. The van der Waals surface area contributed by atoms with Crippen molar-refractivity contribution in [1.82, 2.24) is 15.3 Å². The van der Waals surface area contributed by atoms with Crippen LogP contribution in [0.15, 0.2) is 24.4 Å². The van der Waals surface area contributed by atoms with Crippen LogP contribution >= 0.6 is 11.6 Å². The summed E-state index contributed by atoms with van der Waals surface area (Å²) in [5.74, 6) is 2.11. The summed E-state index contributed by atoms with van der Waals surface area (Å²) in [5.41, 5.74) is 3.68. The third-order valence-electron chi connectivity index (χ3n) is 6.25. The van der Waals surface area contributed by atoms with Crippen molar-refractivity contribution in [3.8, 4) is 6.07 Å². The molecule has 29 heavy (non-hydrogen) atoms. The Morgan fingerprint density at radius 2 is 2.10 bits per heavy atom. The highest BCUT2D eigenvalue weighted by molar-refractivity contribution is 6.29. The van der Waals surface area contributed by atoms with Crippen molar-refractivity contribution < 1.29 is 0 Å². The van der Waals surface area contributed by atoms with E-state index in [4.69, 9.17) is 16.6 Å². The van der Waals surface area contributed by atoms with Gasteiger partial charge in [0.15, 0.2) is 0 Å². The molecule has 6 nitrogen and oxygen atoms in total. The molecule has 0 bridgehead atoms. The van der Waals surface area contributed by atoms with E-state index in [-0.39, 0.29) is 0 Å². The Morgan fingerprint density at radius 3 is 2.79 bits per heavy atom. The Morgan fingerprint density at radius 1 is 1.28 bits per heavy atom. The standard InChI is InChI=1S/C22H25ClN6/c1-28(17-6-7-26-20(23)11-17)19-10-16(12-24)22(27-21(19)15-4-5-15)29-9-8-25-18(13-29)14-2-3-14/h6-7,10-11,14-15,18,25H,2-5,8-9,13H2,1H3. The highest BCUT2D eigenvalue weighted by atomic mass is 35.5. The van der Waals surface area contributed by atoms with Crippen molar-refractivity contribution in [2.75, 3.05) is 36.5 Å². The molecule has 7 heteroatoms. The summed E-state index contributed by atoms with van der Waals surface area (Å²) in [4.78, 5) is 13.6. The fourth-order valence-corrected chi connectivity index (χ4v) is 4.45. The number of nitriles is 1. The fraction of sp³-hybridized carbons (Fsp3) is 0.500. The normalized spacial score (nSPS) is 21.7. The van der Waals surface area contributed by atoms with Gasteiger partial charge >= 0.3 is 0 Å². The zero-order valence-electron chi connectivity index (χ0n) is 16.6. The molecule has 0 spiro atoms. The molecule has 0 amide bonds. The minimum Gasteiger partial charge on any atom is -0.353 e. The molecule has 0 radical (unpaired) electrons. The van der Waals surface area contributed by atoms with E-state index in [9.17, 15) is 5.26 Å². The smallest absolute Gasteiger partial charge is 0.147 e. The number of piperazine rings is 1. The molecule has 1 saturated heterocycles. The van der Waals surface area contributed by atoms with Crippen LogP contribution in [0.4, 0.5) is 17.2 Å². The SMILES string of the molecule is CN(c1ccnc(Cl)c1)c1cc(C#N)c(N2CCNC(C3CC3)C2)nc1C1CC1. The highest BCUT2D eigenvalue weighted by Gasteiger charge is 2.36. The second kappa shape index (κ2) is 7.47. The van der Waals surface area contributed by atoms with E-state index in [1.165, 1.54) is 12.8 Å². The molecule has 1 atom stereocenters. The summed E-state index contributed by atoms with van der Waals surface area (Å²) in [6.07, 6.45) is 6.65. The summed E-state index contributed by atoms with van der Waals surface area (Å²) in [5, 5.41) is 14.0. The summed E-state index contributed by atoms with van der Waals surface area (Å²) < 4.78 is 0. The van der Waals surface area contributed by atoms with Crippen molar-refractivity contribution in [1.29, 1.82) is 5.26 Å². The Balaban J connectivity index is 1.52. The first-order valence-corrected chi connectivity index (χ1v) is 10.8. The number of halogens is 1. The van der Waals surface area contributed by atoms with E-state index < -0.39 is 0 Å². The van der Waals surface area contributed by atoms with Gasteiger partial charge < -0.3 is 15.1 Å². The van der Waals surface area contributed by atoms with Crippen LogP contribution in [0, 0.1) is 17.2 Å². The molecule has 150 valence electrons. The minimum absolute atomic E-state index is 0.458. The lowest BCUT2D eigenvalue weighted by atomic mass is 10.1. The van der Waals surface area contributed by atoms with Crippen LogP contribution in [-0.2, 0) is 0 Å². The Labute approximate surface area is 176 Å². The van der Waals surface area contributed by atoms with Gasteiger partial charge in [-0.1, -0.05) is 11.6 Å². The first kappa shape index (κ1) is 18.7. The van der Waals surface area contributed by atoms with Gasteiger partial charge in [0.05, 0.1) is 16.9 Å². The van der Waals surface area contributed by atoms with Gasteiger partial charge in [0.1, 0.15) is 17.0 Å².